The Balaban J connectivity index is 1.48. The van der Waals surface area contributed by atoms with E-state index in [2.05, 4.69) is 10.2 Å². The van der Waals surface area contributed by atoms with Gasteiger partial charge in [-0.25, -0.2) is 8.42 Å². The number of nitrogens with one attached hydrogen (secondary N) is 1. The Hall–Kier alpha value is -1.15. The van der Waals surface area contributed by atoms with Crippen molar-refractivity contribution in [3.05, 3.63) is 29.3 Å². The Kier molecular flexibility index (Phi) is 7.74. The molecule has 2 fully saturated rings. The molecule has 0 bridgehead atoms. The largest absolute Gasteiger partial charge is 0.356 e. The SMILES string of the molecule is O=C(NCCCN1CCCCC1)C1CCCN(S(=O)(=O)c2ccc(Cl)cc2)C1. The van der Waals surface area contributed by atoms with Crippen molar-refractivity contribution in [3.8, 4) is 0 Å². The van der Waals surface area contributed by atoms with Gasteiger partial charge in [0.2, 0.25) is 15.9 Å². The molecule has 3 rings (SSSR count). The Morgan fingerprint density at radius 2 is 1.79 bits per heavy atom. The minimum Gasteiger partial charge on any atom is -0.356 e. The van der Waals surface area contributed by atoms with Gasteiger partial charge in [-0.2, -0.15) is 4.31 Å². The minimum atomic E-state index is -3.60. The van der Waals surface area contributed by atoms with Crippen molar-refractivity contribution in [3.63, 3.8) is 0 Å². The van der Waals surface area contributed by atoms with Gasteiger partial charge >= 0.3 is 0 Å². The van der Waals surface area contributed by atoms with Crippen LogP contribution in [-0.2, 0) is 14.8 Å². The lowest BCUT2D eigenvalue weighted by Crippen LogP contribution is -2.45. The van der Waals surface area contributed by atoms with E-state index in [9.17, 15) is 13.2 Å². The zero-order chi connectivity index (χ0) is 20.0. The molecule has 6 nitrogen and oxygen atoms in total. The topological polar surface area (TPSA) is 69.7 Å². The predicted molar refractivity (Wildman–Crippen MR) is 111 cm³/mol. The fraction of sp³-hybridized carbons (Fsp3) is 0.650. The summed E-state index contributed by atoms with van der Waals surface area (Å²) < 4.78 is 27.1. The smallest absolute Gasteiger partial charge is 0.243 e. The number of amides is 1. The van der Waals surface area contributed by atoms with Crippen molar-refractivity contribution in [1.82, 2.24) is 14.5 Å². The van der Waals surface area contributed by atoms with Gasteiger partial charge in [0.05, 0.1) is 10.8 Å². The minimum absolute atomic E-state index is 0.0327. The highest BCUT2D eigenvalue weighted by molar-refractivity contribution is 7.89. The average Bonchev–Trinajstić information content (AvgIpc) is 2.72. The van der Waals surface area contributed by atoms with Gasteiger partial charge in [0.15, 0.2) is 0 Å². The van der Waals surface area contributed by atoms with Crippen LogP contribution in [0, 0.1) is 5.92 Å². The molecular formula is C20H30ClN3O3S. The van der Waals surface area contributed by atoms with E-state index in [1.165, 1.54) is 35.7 Å². The Bertz CT molecular complexity index is 748. The van der Waals surface area contributed by atoms with Crippen molar-refractivity contribution in [1.29, 1.82) is 0 Å². The zero-order valence-electron chi connectivity index (χ0n) is 16.3. The fourth-order valence-corrected chi connectivity index (χ4v) is 5.62. The number of sulfonamides is 1. The number of rotatable bonds is 7. The summed E-state index contributed by atoms with van der Waals surface area (Å²) in [6.07, 6.45) is 6.22. The molecule has 0 spiro atoms. The van der Waals surface area contributed by atoms with Gasteiger partial charge in [-0.1, -0.05) is 18.0 Å². The van der Waals surface area contributed by atoms with Gasteiger partial charge in [0.1, 0.15) is 0 Å². The van der Waals surface area contributed by atoms with Crippen molar-refractivity contribution in [2.24, 2.45) is 5.92 Å². The summed E-state index contributed by atoms with van der Waals surface area (Å²) in [6, 6.07) is 6.18. The van der Waals surface area contributed by atoms with Gasteiger partial charge in [0, 0.05) is 24.7 Å². The third-order valence-corrected chi connectivity index (χ3v) is 7.74. The number of carbonyl (C=O) groups is 1. The van der Waals surface area contributed by atoms with Crippen LogP contribution in [0.25, 0.3) is 0 Å². The molecule has 8 heteroatoms. The second-order valence-electron chi connectivity index (χ2n) is 7.70. The molecule has 0 saturated carbocycles. The molecule has 1 unspecified atom stereocenters. The Labute approximate surface area is 173 Å². The number of benzene rings is 1. The van der Waals surface area contributed by atoms with Gasteiger partial charge in [-0.05, 0) is 76.0 Å². The van der Waals surface area contributed by atoms with Gasteiger partial charge < -0.3 is 10.2 Å². The number of hydrogen-bond donors (Lipinski definition) is 1. The van der Waals surface area contributed by atoms with Crippen LogP contribution in [0.1, 0.15) is 38.5 Å². The lowest BCUT2D eigenvalue weighted by molar-refractivity contribution is -0.126. The second-order valence-corrected chi connectivity index (χ2v) is 10.1. The predicted octanol–water partition coefficient (Wildman–Crippen LogP) is 2.73. The van der Waals surface area contributed by atoms with Crippen LogP contribution in [0.2, 0.25) is 5.02 Å². The van der Waals surface area contributed by atoms with Crippen molar-refractivity contribution in [2.45, 2.75) is 43.4 Å². The molecule has 0 aliphatic carbocycles. The number of piperidine rings is 2. The van der Waals surface area contributed by atoms with E-state index in [4.69, 9.17) is 11.6 Å². The molecule has 1 amide bonds. The van der Waals surface area contributed by atoms with Crippen LogP contribution < -0.4 is 5.32 Å². The quantitative estimate of drug-likeness (QED) is 0.679. The highest BCUT2D eigenvalue weighted by Gasteiger charge is 2.33. The first-order chi connectivity index (χ1) is 13.5. The number of nitrogens with zero attached hydrogens (tertiary/aromatic N) is 2. The molecule has 2 saturated heterocycles. The van der Waals surface area contributed by atoms with Gasteiger partial charge in [-0.15, -0.1) is 0 Å². The lowest BCUT2D eigenvalue weighted by Gasteiger charge is -2.31. The number of likely N-dealkylation sites (tertiary alicyclic amines) is 1. The lowest BCUT2D eigenvalue weighted by atomic mass is 9.99. The standard InChI is InChI=1S/C20H30ClN3O3S/c21-18-7-9-19(10-8-18)28(26,27)24-15-4-6-17(16-24)20(25)22-11-5-14-23-12-2-1-3-13-23/h7-10,17H,1-6,11-16H2,(H,22,25). The molecule has 2 aliphatic heterocycles. The van der Waals surface area contributed by atoms with Crippen LogP contribution in [0.15, 0.2) is 29.2 Å². The van der Waals surface area contributed by atoms with E-state index in [0.29, 0.717) is 24.5 Å². The van der Waals surface area contributed by atoms with Crippen molar-refractivity contribution in [2.75, 3.05) is 39.3 Å². The molecule has 1 N–H and O–H groups in total. The van der Waals surface area contributed by atoms with E-state index < -0.39 is 10.0 Å². The van der Waals surface area contributed by atoms with Crippen LogP contribution in [0.3, 0.4) is 0 Å². The van der Waals surface area contributed by atoms with Crippen LogP contribution in [0.4, 0.5) is 0 Å². The van der Waals surface area contributed by atoms with E-state index in [1.807, 2.05) is 0 Å². The molecule has 28 heavy (non-hydrogen) atoms. The molecule has 2 aliphatic rings. The summed E-state index contributed by atoms with van der Waals surface area (Å²) in [6.45, 7) is 4.67. The van der Waals surface area contributed by atoms with E-state index in [-0.39, 0.29) is 23.3 Å². The first kappa shape index (κ1) is 21.6. The van der Waals surface area contributed by atoms with Crippen LogP contribution >= 0.6 is 11.6 Å². The number of hydrogen-bond acceptors (Lipinski definition) is 4. The number of halogens is 1. The summed E-state index contributed by atoms with van der Waals surface area (Å²) >= 11 is 5.86. The first-order valence-corrected chi connectivity index (χ1v) is 12.0. The maximum absolute atomic E-state index is 12.8. The summed E-state index contributed by atoms with van der Waals surface area (Å²) in [5.74, 6) is -0.319. The molecule has 2 heterocycles. The van der Waals surface area contributed by atoms with Gasteiger partial charge in [0.25, 0.3) is 0 Å². The fourth-order valence-electron chi connectivity index (χ4n) is 3.97. The third-order valence-electron chi connectivity index (χ3n) is 5.61. The normalized spacial score (nSPS) is 22.1. The van der Waals surface area contributed by atoms with E-state index in [0.717, 1.165) is 32.5 Å². The summed E-state index contributed by atoms with van der Waals surface area (Å²) in [4.78, 5) is 15.2. The Morgan fingerprint density at radius 1 is 1.07 bits per heavy atom. The molecule has 1 atom stereocenters. The van der Waals surface area contributed by atoms with Crippen molar-refractivity contribution < 1.29 is 13.2 Å². The average molecular weight is 428 g/mol. The monoisotopic (exact) mass is 427 g/mol. The van der Waals surface area contributed by atoms with E-state index in [1.54, 1.807) is 12.1 Å². The summed E-state index contributed by atoms with van der Waals surface area (Å²) in [5.41, 5.74) is 0. The molecule has 1 aromatic rings. The second kappa shape index (κ2) is 10.1. The van der Waals surface area contributed by atoms with Crippen LogP contribution in [0.5, 0.6) is 0 Å². The van der Waals surface area contributed by atoms with Crippen LogP contribution in [-0.4, -0.2) is 62.8 Å². The maximum Gasteiger partial charge on any atom is 0.243 e. The highest BCUT2D eigenvalue weighted by Crippen LogP contribution is 2.24. The first-order valence-electron chi connectivity index (χ1n) is 10.2. The Morgan fingerprint density at radius 3 is 2.50 bits per heavy atom. The summed E-state index contributed by atoms with van der Waals surface area (Å²) in [7, 11) is -3.60. The molecule has 1 aromatic carbocycles. The molecule has 0 aromatic heterocycles. The third kappa shape index (κ3) is 5.69. The van der Waals surface area contributed by atoms with Crippen molar-refractivity contribution >= 4 is 27.5 Å². The summed E-state index contributed by atoms with van der Waals surface area (Å²) in [5, 5.41) is 3.51. The molecular weight excluding hydrogens is 398 g/mol. The molecule has 0 radical (unpaired) electrons. The zero-order valence-corrected chi connectivity index (χ0v) is 17.8. The van der Waals surface area contributed by atoms with E-state index >= 15 is 0 Å². The number of carbonyl (C=O) groups excluding carboxylic acids is 1. The highest BCUT2D eigenvalue weighted by atomic mass is 35.5. The molecule has 156 valence electrons. The van der Waals surface area contributed by atoms with Gasteiger partial charge in [-0.3, -0.25) is 4.79 Å². The maximum atomic E-state index is 12.8.